The molecule has 3 rings (SSSR count). The number of carbonyl (C=O) groups excluding carboxylic acids is 1. The zero-order chi connectivity index (χ0) is 17.5. The molecule has 1 N–H and O–H groups in total. The molecule has 6 heteroatoms. The fourth-order valence-corrected chi connectivity index (χ4v) is 2.37. The molecule has 0 unspecified atom stereocenters. The summed E-state index contributed by atoms with van der Waals surface area (Å²) in [5.41, 5.74) is 1.99. The van der Waals surface area contributed by atoms with Gasteiger partial charge in [0.15, 0.2) is 0 Å². The first kappa shape index (κ1) is 16.7. The minimum atomic E-state index is -0.138. The first-order valence-electron chi connectivity index (χ1n) is 8.02. The van der Waals surface area contributed by atoms with Gasteiger partial charge in [0.2, 0.25) is 17.6 Å². The van der Waals surface area contributed by atoms with Gasteiger partial charge in [-0.05, 0) is 36.2 Å². The fraction of sp³-hybridized carbons (Fsp3) is 0.211. The van der Waals surface area contributed by atoms with E-state index in [4.69, 9.17) is 9.26 Å². The van der Waals surface area contributed by atoms with Crippen molar-refractivity contribution in [2.75, 3.05) is 13.7 Å². The molecule has 0 aliphatic rings. The van der Waals surface area contributed by atoms with Crippen molar-refractivity contribution >= 4 is 5.91 Å². The van der Waals surface area contributed by atoms with Crippen LogP contribution in [0, 0.1) is 0 Å². The minimum Gasteiger partial charge on any atom is -0.497 e. The number of methoxy groups -OCH3 is 1. The van der Waals surface area contributed by atoms with Crippen molar-refractivity contribution in [1.29, 1.82) is 0 Å². The summed E-state index contributed by atoms with van der Waals surface area (Å²) in [6.45, 7) is 0.572. The molecule has 0 saturated heterocycles. The van der Waals surface area contributed by atoms with E-state index < -0.39 is 0 Å². The number of rotatable bonds is 7. The number of carbonyl (C=O) groups is 1. The van der Waals surface area contributed by atoms with Gasteiger partial charge in [0.05, 0.1) is 7.11 Å². The lowest BCUT2D eigenvalue weighted by molar-refractivity contribution is -0.120. The second kappa shape index (κ2) is 8.10. The monoisotopic (exact) mass is 337 g/mol. The van der Waals surface area contributed by atoms with Crippen LogP contribution in [0.4, 0.5) is 0 Å². The van der Waals surface area contributed by atoms with E-state index in [1.165, 1.54) is 5.56 Å². The second-order valence-corrected chi connectivity index (χ2v) is 5.50. The van der Waals surface area contributed by atoms with Gasteiger partial charge in [0.25, 0.3) is 0 Å². The number of hydrogen-bond donors (Lipinski definition) is 1. The Bertz CT molecular complexity index is 813. The zero-order valence-corrected chi connectivity index (χ0v) is 13.9. The lowest BCUT2D eigenvalue weighted by Crippen LogP contribution is -2.27. The Hall–Kier alpha value is -3.15. The van der Waals surface area contributed by atoms with Crippen LogP contribution in [0.1, 0.15) is 11.5 Å². The molecular weight excluding hydrogens is 318 g/mol. The molecule has 1 aromatic heterocycles. The molecule has 2 aromatic carbocycles. The summed E-state index contributed by atoms with van der Waals surface area (Å²) in [6, 6.07) is 17.3. The summed E-state index contributed by atoms with van der Waals surface area (Å²) < 4.78 is 10.3. The number of amides is 1. The third-order valence-corrected chi connectivity index (χ3v) is 3.71. The number of ether oxygens (including phenoxy) is 1. The molecule has 0 atom stereocenters. The van der Waals surface area contributed by atoms with Crippen molar-refractivity contribution < 1.29 is 14.1 Å². The van der Waals surface area contributed by atoms with Gasteiger partial charge in [-0.2, -0.15) is 4.98 Å². The van der Waals surface area contributed by atoms with Gasteiger partial charge in [-0.15, -0.1) is 0 Å². The summed E-state index contributed by atoms with van der Waals surface area (Å²) in [5, 5.41) is 6.78. The average Bonchev–Trinajstić information content (AvgIpc) is 3.11. The molecule has 0 radical (unpaired) electrons. The molecular formula is C19H19N3O3. The van der Waals surface area contributed by atoms with Crippen LogP contribution >= 0.6 is 0 Å². The van der Waals surface area contributed by atoms with E-state index in [0.717, 1.165) is 17.7 Å². The van der Waals surface area contributed by atoms with E-state index in [0.29, 0.717) is 18.3 Å². The number of aromatic nitrogens is 2. The van der Waals surface area contributed by atoms with Gasteiger partial charge in [0.1, 0.15) is 12.2 Å². The van der Waals surface area contributed by atoms with Crippen LogP contribution in [0.25, 0.3) is 11.4 Å². The molecule has 0 bridgehead atoms. The largest absolute Gasteiger partial charge is 0.497 e. The molecule has 0 aliphatic heterocycles. The van der Waals surface area contributed by atoms with Crippen LogP contribution < -0.4 is 10.1 Å². The summed E-state index contributed by atoms with van der Waals surface area (Å²) in [7, 11) is 1.61. The highest BCUT2D eigenvalue weighted by molar-refractivity contribution is 5.77. The lowest BCUT2D eigenvalue weighted by atomic mass is 10.1. The number of hydrogen-bond acceptors (Lipinski definition) is 5. The Morgan fingerprint density at radius 3 is 2.60 bits per heavy atom. The first-order chi connectivity index (χ1) is 12.2. The Morgan fingerprint density at radius 1 is 1.12 bits per heavy atom. The van der Waals surface area contributed by atoms with Gasteiger partial charge in [0, 0.05) is 12.1 Å². The highest BCUT2D eigenvalue weighted by Crippen LogP contribution is 2.19. The van der Waals surface area contributed by atoms with Crippen molar-refractivity contribution in [1.82, 2.24) is 15.5 Å². The van der Waals surface area contributed by atoms with Crippen molar-refractivity contribution in [2.24, 2.45) is 0 Å². The maximum atomic E-state index is 12.0. The Balaban J connectivity index is 1.51. The van der Waals surface area contributed by atoms with Crippen molar-refractivity contribution in [3.05, 3.63) is 66.1 Å². The highest BCUT2D eigenvalue weighted by atomic mass is 16.5. The second-order valence-electron chi connectivity index (χ2n) is 5.50. The number of nitrogens with one attached hydrogen (secondary N) is 1. The summed E-state index contributed by atoms with van der Waals surface area (Å²) in [5.74, 6) is 1.36. The molecule has 0 spiro atoms. The topological polar surface area (TPSA) is 77.2 Å². The van der Waals surface area contributed by atoms with Crippen LogP contribution in [0.5, 0.6) is 5.75 Å². The van der Waals surface area contributed by atoms with Crippen LogP contribution in [0.3, 0.4) is 0 Å². The summed E-state index contributed by atoms with van der Waals surface area (Å²) in [4.78, 5) is 16.2. The third kappa shape index (κ3) is 4.67. The van der Waals surface area contributed by atoms with E-state index in [2.05, 4.69) is 15.5 Å². The first-order valence-corrected chi connectivity index (χ1v) is 8.02. The normalized spacial score (nSPS) is 10.4. The van der Waals surface area contributed by atoms with Gasteiger partial charge < -0.3 is 14.6 Å². The maximum Gasteiger partial charge on any atom is 0.236 e. The van der Waals surface area contributed by atoms with E-state index in [-0.39, 0.29) is 12.3 Å². The SMILES string of the molecule is COc1ccc(-c2noc(CC(=O)NCCc3ccccc3)n2)cc1. The Kier molecular flexibility index (Phi) is 5.41. The van der Waals surface area contributed by atoms with E-state index in [1.54, 1.807) is 7.11 Å². The Labute approximate surface area is 145 Å². The molecule has 0 saturated carbocycles. The van der Waals surface area contributed by atoms with Crippen LogP contribution in [0.15, 0.2) is 59.1 Å². The van der Waals surface area contributed by atoms with Crippen LogP contribution in [-0.4, -0.2) is 29.7 Å². The maximum absolute atomic E-state index is 12.0. The van der Waals surface area contributed by atoms with Crippen LogP contribution in [-0.2, 0) is 17.6 Å². The molecule has 1 amide bonds. The lowest BCUT2D eigenvalue weighted by Gasteiger charge is -2.03. The third-order valence-electron chi connectivity index (χ3n) is 3.71. The molecule has 3 aromatic rings. The standard InChI is InChI=1S/C19H19N3O3/c1-24-16-9-7-15(8-10-16)19-21-18(25-22-19)13-17(23)20-12-11-14-5-3-2-4-6-14/h2-10H,11-13H2,1H3,(H,20,23). The van der Waals surface area contributed by atoms with E-state index in [9.17, 15) is 4.79 Å². The van der Waals surface area contributed by atoms with Crippen LogP contribution in [0.2, 0.25) is 0 Å². The number of benzene rings is 2. The smallest absolute Gasteiger partial charge is 0.236 e. The molecule has 128 valence electrons. The van der Waals surface area contributed by atoms with Gasteiger partial charge in [-0.3, -0.25) is 4.79 Å². The fourth-order valence-electron chi connectivity index (χ4n) is 2.37. The van der Waals surface area contributed by atoms with Gasteiger partial charge in [-0.1, -0.05) is 35.5 Å². The minimum absolute atomic E-state index is 0.0674. The predicted molar refractivity (Wildman–Crippen MR) is 93.1 cm³/mol. The quantitative estimate of drug-likeness (QED) is 0.717. The predicted octanol–water partition coefficient (Wildman–Crippen LogP) is 2.65. The van der Waals surface area contributed by atoms with Crippen molar-refractivity contribution in [2.45, 2.75) is 12.8 Å². The van der Waals surface area contributed by atoms with Gasteiger partial charge >= 0.3 is 0 Å². The molecule has 0 fully saturated rings. The number of nitrogens with zero attached hydrogens (tertiary/aromatic N) is 2. The highest BCUT2D eigenvalue weighted by Gasteiger charge is 2.12. The van der Waals surface area contributed by atoms with Crippen molar-refractivity contribution in [3.63, 3.8) is 0 Å². The molecule has 0 aliphatic carbocycles. The van der Waals surface area contributed by atoms with E-state index >= 15 is 0 Å². The van der Waals surface area contributed by atoms with Crippen molar-refractivity contribution in [3.8, 4) is 17.1 Å². The Morgan fingerprint density at radius 2 is 1.88 bits per heavy atom. The van der Waals surface area contributed by atoms with E-state index in [1.807, 2.05) is 54.6 Å². The molecule has 25 heavy (non-hydrogen) atoms. The van der Waals surface area contributed by atoms with Gasteiger partial charge in [-0.25, -0.2) is 0 Å². The average molecular weight is 337 g/mol. The summed E-state index contributed by atoms with van der Waals surface area (Å²) in [6.07, 6.45) is 0.853. The summed E-state index contributed by atoms with van der Waals surface area (Å²) >= 11 is 0. The molecule has 6 nitrogen and oxygen atoms in total. The zero-order valence-electron chi connectivity index (χ0n) is 13.9. The molecule has 1 heterocycles.